The summed E-state index contributed by atoms with van der Waals surface area (Å²) < 4.78 is 32.1. The number of rotatable bonds is 13. The molecule has 236 valence electrons. The summed E-state index contributed by atoms with van der Waals surface area (Å²) >= 11 is 0. The highest BCUT2D eigenvalue weighted by atomic mass is 16.7. The van der Waals surface area contributed by atoms with E-state index in [2.05, 4.69) is 36.4 Å². The van der Waals surface area contributed by atoms with E-state index in [1.54, 1.807) is 7.11 Å². The normalized spacial score (nSPS) is 21.6. The molecular weight excluding hydrogens is 576 g/mol. The second kappa shape index (κ2) is 15.4. The van der Waals surface area contributed by atoms with Crippen LogP contribution in [0.1, 0.15) is 27.8 Å². The summed E-state index contributed by atoms with van der Waals surface area (Å²) in [6.45, 7) is 0.656. The van der Waals surface area contributed by atoms with Crippen molar-refractivity contribution >= 4 is 0 Å². The predicted octanol–water partition coefficient (Wildman–Crippen LogP) is 6.90. The van der Waals surface area contributed by atoms with Gasteiger partial charge in [0.2, 0.25) is 0 Å². The van der Waals surface area contributed by atoms with Crippen LogP contribution in [0.5, 0.6) is 0 Å². The van der Waals surface area contributed by atoms with E-state index in [0.717, 1.165) is 27.8 Å². The molecule has 1 heterocycles. The molecule has 46 heavy (non-hydrogen) atoms. The number of aliphatic hydroxyl groups is 1. The third-order valence-corrected chi connectivity index (χ3v) is 8.43. The molecule has 0 radical (unpaired) electrons. The van der Waals surface area contributed by atoms with Gasteiger partial charge in [0.15, 0.2) is 6.29 Å². The molecule has 1 saturated heterocycles. The van der Waals surface area contributed by atoms with Crippen molar-refractivity contribution in [1.82, 2.24) is 0 Å². The molecule has 0 bridgehead atoms. The summed E-state index contributed by atoms with van der Waals surface area (Å²) in [6, 6.07) is 50.2. The molecule has 5 aromatic rings. The van der Waals surface area contributed by atoms with Gasteiger partial charge in [0.05, 0.1) is 19.8 Å². The van der Waals surface area contributed by atoms with Crippen LogP contribution in [0.2, 0.25) is 0 Å². The van der Waals surface area contributed by atoms with E-state index >= 15 is 0 Å². The van der Waals surface area contributed by atoms with E-state index in [-0.39, 0.29) is 6.61 Å². The Morgan fingerprint density at radius 2 is 0.957 bits per heavy atom. The third kappa shape index (κ3) is 7.13. The van der Waals surface area contributed by atoms with Crippen LogP contribution in [0.25, 0.3) is 0 Å². The Hall–Kier alpha value is -4.14. The van der Waals surface area contributed by atoms with E-state index in [1.165, 1.54) is 0 Å². The van der Waals surface area contributed by atoms with Gasteiger partial charge in [-0.1, -0.05) is 152 Å². The maximum Gasteiger partial charge on any atom is 0.186 e. The second-order valence-corrected chi connectivity index (χ2v) is 11.4. The second-order valence-electron chi connectivity index (χ2n) is 11.4. The SMILES string of the molecule is CO[C@H]1O[C@H](COC(c2ccccc2)(c2ccccc2)c2ccccc2)[C@H](O)[C@H](OCc2ccccc2)[C@H]1OCc1ccccc1. The summed E-state index contributed by atoms with van der Waals surface area (Å²) in [5.74, 6) is 0. The fourth-order valence-electron chi connectivity index (χ4n) is 6.09. The van der Waals surface area contributed by atoms with Gasteiger partial charge < -0.3 is 28.8 Å². The fraction of sp³-hybridized carbons (Fsp3) is 0.250. The molecular formula is C40H40O6. The van der Waals surface area contributed by atoms with Crippen molar-refractivity contribution in [2.24, 2.45) is 0 Å². The summed E-state index contributed by atoms with van der Waals surface area (Å²) in [5.41, 5.74) is 3.89. The molecule has 6 heteroatoms. The first-order valence-corrected chi connectivity index (χ1v) is 15.7. The van der Waals surface area contributed by atoms with Crippen LogP contribution in [0.4, 0.5) is 0 Å². The third-order valence-electron chi connectivity index (χ3n) is 8.43. The molecule has 0 unspecified atom stereocenters. The summed E-state index contributed by atoms with van der Waals surface area (Å²) in [6.07, 6.45) is -4.10. The Labute approximate surface area is 271 Å². The van der Waals surface area contributed by atoms with Gasteiger partial charge >= 0.3 is 0 Å². The fourth-order valence-corrected chi connectivity index (χ4v) is 6.09. The minimum atomic E-state index is -1.07. The molecule has 6 nitrogen and oxygen atoms in total. The van der Waals surface area contributed by atoms with Crippen LogP contribution in [0.15, 0.2) is 152 Å². The van der Waals surface area contributed by atoms with Gasteiger partial charge in [0.1, 0.15) is 30.0 Å². The van der Waals surface area contributed by atoms with E-state index in [4.69, 9.17) is 23.7 Å². The lowest BCUT2D eigenvalue weighted by molar-refractivity contribution is -0.317. The molecule has 1 aliphatic heterocycles. The number of methoxy groups -OCH3 is 1. The van der Waals surface area contributed by atoms with Crippen molar-refractivity contribution in [3.8, 4) is 0 Å². The first-order chi connectivity index (χ1) is 22.7. The highest BCUT2D eigenvalue weighted by Crippen LogP contribution is 2.41. The van der Waals surface area contributed by atoms with Crippen molar-refractivity contribution in [2.75, 3.05) is 13.7 Å². The van der Waals surface area contributed by atoms with Gasteiger partial charge in [0, 0.05) is 7.11 Å². The topological polar surface area (TPSA) is 66.4 Å². The Bertz CT molecular complexity index is 1490. The monoisotopic (exact) mass is 616 g/mol. The standard InChI is InChI=1S/C40H40O6/c1-42-39-38(44-28-31-19-9-3-10-20-31)37(43-27-30-17-7-2-8-18-30)36(41)35(46-39)29-45-40(32-21-11-4-12-22-32,33-23-13-5-14-24-33)34-25-15-6-16-26-34/h2-26,35-39,41H,27-29H2,1H3/t35-,36+,37+,38-,39+/m1/s1. The molecule has 5 aromatic carbocycles. The van der Waals surface area contributed by atoms with E-state index in [0.29, 0.717) is 13.2 Å². The molecule has 6 rings (SSSR count). The smallest absolute Gasteiger partial charge is 0.186 e. The number of hydrogen-bond acceptors (Lipinski definition) is 6. The van der Waals surface area contributed by atoms with Gasteiger partial charge in [-0.3, -0.25) is 0 Å². The van der Waals surface area contributed by atoms with Gasteiger partial charge in [-0.25, -0.2) is 0 Å². The molecule has 0 aliphatic carbocycles. The lowest BCUT2D eigenvalue weighted by Crippen LogP contribution is -2.61. The van der Waals surface area contributed by atoms with E-state index in [9.17, 15) is 5.11 Å². The highest BCUT2D eigenvalue weighted by Gasteiger charge is 2.48. The number of hydrogen-bond donors (Lipinski definition) is 1. The molecule has 1 aliphatic rings. The molecule has 0 amide bonds. The van der Waals surface area contributed by atoms with Gasteiger partial charge in [-0.15, -0.1) is 0 Å². The quantitative estimate of drug-likeness (QED) is 0.145. The summed E-state index contributed by atoms with van der Waals surface area (Å²) in [7, 11) is 1.58. The van der Waals surface area contributed by atoms with Crippen LogP contribution < -0.4 is 0 Å². The maximum absolute atomic E-state index is 11.9. The Kier molecular flexibility index (Phi) is 10.7. The minimum Gasteiger partial charge on any atom is -0.387 e. The largest absolute Gasteiger partial charge is 0.387 e. The Morgan fingerprint density at radius 1 is 0.565 bits per heavy atom. The average molecular weight is 617 g/mol. The highest BCUT2D eigenvalue weighted by molar-refractivity contribution is 5.47. The molecule has 0 spiro atoms. The zero-order valence-electron chi connectivity index (χ0n) is 25.9. The molecule has 5 atom stereocenters. The zero-order chi connectivity index (χ0) is 31.6. The summed E-state index contributed by atoms with van der Waals surface area (Å²) in [4.78, 5) is 0. The van der Waals surface area contributed by atoms with Crippen LogP contribution in [-0.2, 0) is 42.5 Å². The van der Waals surface area contributed by atoms with Crippen molar-refractivity contribution in [1.29, 1.82) is 0 Å². The van der Waals surface area contributed by atoms with Gasteiger partial charge in [-0.2, -0.15) is 0 Å². The zero-order valence-corrected chi connectivity index (χ0v) is 25.9. The predicted molar refractivity (Wildman–Crippen MR) is 177 cm³/mol. The lowest BCUT2D eigenvalue weighted by Gasteiger charge is -2.45. The van der Waals surface area contributed by atoms with Crippen molar-refractivity contribution in [2.45, 2.75) is 49.5 Å². The van der Waals surface area contributed by atoms with Crippen LogP contribution in [-0.4, -0.2) is 49.5 Å². The van der Waals surface area contributed by atoms with Crippen molar-refractivity contribution < 1.29 is 28.8 Å². The number of aliphatic hydroxyl groups excluding tert-OH is 1. The molecule has 1 N–H and O–H groups in total. The van der Waals surface area contributed by atoms with E-state index in [1.807, 2.05) is 115 Å². The Balaban J connectivity index is 1.31. The van der Waals surface area contributed by atoms with E-state index < -0.39 is 36.3 Å². The average Bonchev–Trinajstić information content (AvgIpc) is 3.13. The lowest BCUT2D eigenvalue weighted by atomic mass is 9.80. The molecule has 0 aromatic heterocycles. The van der Waals surface area contributed by atoms with Crippen LogP contribution >= 0.6 is 0 Å². The first-order valence-electron chi connectivity index (χ1n) is 15.7. The number of benzene rings is 5. The number of ether oxygens (including phenoxy) is 5. The van der Waals surface area contributed by atoms with Gasteiger partial charge in [0.25, 0.3) is 0 Å². The minimum absolute atomic E-state index is 0.0519. The van der Waals surface area contributed by atoms with Crippen molar-refractivity contribution in [3.63, 3.8) is 0 Å². The Morgan fingerprint density at radius 3 is 1.37 bits per heavy atom. The first kappa shape index (κ1) is 31.8. The van der Waals surface area contributed by atoms with Crippen LogP contribution in [0, 0.1) is 0 Å². The molecule has 1 fully saturated rings. The van der Waals surface area contributed by atoms with Crippen LogP contribution in [0.3, 0.4) is 0 Å². The van der Waals surface area contributed by atoms with Crippen molar-refractivity contribution in [3.05, 3.63) is 179 Å². The summed E-state index contributed by atoms with van der Waals surface area (Å²) in [5, 5.41) is 11.9. The maximum atomic E-state index is 11.9. The molecule has 0 saturated carbocycles. The van der Waals surface area contributed by atoms with Gasteiger partial charge in [-0.05, 0) is 27.8 Å².